The molecule has 138 valence electrons. The number of hydrogen-bond acceptors (Lipinski definition) is 4. The zero-order valence-electron chi connectivity index (χ0n) is 14.2. The van der Waals surface area contributed by atoms with Crippen molar-refractivity contribution in [3.05, 3.63) is 65.5 Å². The lowest BCUT2D eigenvalue weighted by Gasteiger charge is -2.08. The van der Waals surface area contributed by atoms with Crippen molar-refractivity contribution in [1.29, 1.82) is 0 Å². The Morgan fingerprint density at radius 2 is 1.50 bits per heavy atom. The van der Waals surface area contributed by atoms with E-state index in [0.717, 1.165) is 6.26 Å². The molecule has 0 aliphatic rings. The molecule has 0 fully saturated rings. The lowest BCUT2D eigenvalue weighted by Crippen LogP contribution is -2.35. The Morgan fingerprint density at radius 3 is 2.08 bits per heavy atom. The third-order valence-corrected chi connectivity index (χ3v) is 4.68. The molecule has 6 nitrogen and oxygen atoms in total. The summed E-state index contributed by atoms with van der Waals surface area (Å²) in [6.07, 6.45) is 1.22. The van der Waals surface area contributed by atoms with Gasteiger partial charge in [-0.1, -0.05) is 12.1 Å². The highest BCUT2D eigenvalue weighted by molar-refractivity contribution is 7.90. The Balaban J connectivity index is 1.74. The minimum Gasteiger partial charge on any atom is -0.354 e. The van der Waals surface area contributed by atoms with Gasteiger partial charge < -0.3 is 10.6 Å². The molecule has 0 aliphatic carbocycles. The molecular formula is C18H19FN2O4S. The van der Waals surface area contributed by atoms with Crippen molar-refractivity contribution in [1.82, 2.24) is 10.6 Å². The molecule has 26 heavy (non-hydrogen) atoms. The van der Waals surface area contributed by atoms with Crippen molar-refractivity contribution >= 4 is 21.7 Å². The molecule has 0 unspecified atom stereocenters. The van der Waals surface area contributed by atoms with Crippen molar-refractivity contribution in [3.8, 4) is 0 Å². The number of benzene rings is 2. The predicted molar refractivity (Wildman–Crippen MR) is 95.0 cm³/mol. The van der Waals surface area contributed by atoms with Crippen molar-refractivity contribution < 1.29 is 22.4 Å². The molecule has 0 spiro atoms. The number of sulfone groups is 1. The van der Waals surface area contributed by atoms with E-state index in [1.54, 1.807) is 0 Å². The van der Waals surface area contributed by atoms with E-state index >= 15 is 0 Å². The average Bonchev–Trinajstić information content (AvgIpc) is 2.60. The van der Waals surface area contributed by atoms with Crippen molar-refractivity contribution in [2.24, 2.45) is 0 Å². The Kier molecular flexibility index (Phi) is 6.46. The maximum atomic E-state index is 12.8. The van der Waals surface area contributed by atoms with E-state index in [1.807, 2.05) is 0 Å². The second kappa shape index (κ2) is 8.57. The zero-order chi connectivity index (χ0) is 19.2. The first-order chi connectivity index (χ1) is 12.3. The minimum atomic E-state index is -3.30. The maximum Gasteiger partial charge on any atom is 0.251 e. The van der Waals surface area contributed by atoms with Gasteiger partial charge in [0.25, 0.3) is 5.91 Å². The third kappa shape index (κ3) is 5.96. The number of nitrogens with one attached hydrogen (secondary N) is 2. The summed E-state index contributed by atoms with van der Waals surface area (Å²) in [5, 5.41) is 5.29. The van der Waals surface area contributed by atoms with Crippen LogP contribution in [0.1, 0.15) is 15.9 Å². The first-order valence-electron chi connectivity index (χ1n) is 7.85. The van der Waals surface area contributed by atoms with E-state index in [9.17, 15) is 22.4 Å². The largest absolute Gasteiger partial charge is 0.354 e. The SMILES string of the molecule is CS(=O)(=O)c1ccc(C(=O)NCCNC(=O)Cc2ccc(F)cc2)cc1. The average molecular weight is 378 g/mol. The molecule has 0 aliphatic heterocycles. The maximum absolute atomic E-state index is 12.8. The first kappa shape index (κ1) is 19.6. The predicted octanol–water partition coefficient (Wildman–Crippen LogP) is 1.32. The number of carbonyl (C=O) groups is 2. The molecule has 0 bridgehead atoms. The smallest absolute Gasteiger partial charge is 0.251 e. The van der Waals surface area contributed by atoms with Crippen molar-refractivity contribution in [3.63, 3.8) is 0 Å². The Morgan fingerprint density at radius 1 is 0.923 bits per heavy atom. The topological polar surface area (TPSA) is 92.3 Å². The van der Waals surface area contributed by atoms with E-state index in [-0.39, 0.29) is 42.0 Å². The van der Waals surface area contributed by atoms with Crippen LogP contribution in [0.25, 0.3) is 0 Å². The molecule has 0 heterocycles. The summed E-state index contributed by atoms with van der Waals surface area (Å²) in [6, 6.07) is 11.3. The first-order valence-corrected chi connectivity index (χ1v) is 9.74. The van der Waals surface area contributed by atoms with Crippen LogP contribution in [-0.4, -0.2) is 39.6 Å². The fourth-order valence-electron chi connectivity index (χ4n) is 2.18. The van der Waals surface area contributed by atoms with Crippen LogP contribution >= 0.6 is 0 Å². The Hall–Kier alpha value is -2.74. The van der Waals surface area contributed by atoms with Crippen LogP contribution in [0.3, 0.4) is 0 Å². The number of hydrogen-bond donors (Lipinski definition) is 2. The normalized spacial score (nSPS) is 11.0. The zero-order valence-corrected chi connectivity index (χ0v) is 15.0. The number of rotatable bonds is 7. The van der Waals surface area contributed by atoms with Crippen LogP contribution in [0.5, 0.6) is 0 Å². The highest BCUT2D eigenvalue weighted by Crippen LogP contribution is 2.10. The lowest BCUT2D eigenvalue weighted by molar-refractivity contribution is -0.120. The fourth-order valence-corrected chi connectivity index (χ4v) is 2.81. The van der Waals surface area contributed by atoms with E-state index in [4.69, 9.17) is 0 Å². The lowest BCUT2D eigenvalue weighted by atomic mass is 10.1. The summed E-state index contributed by atoms with van der Waals surface area (Å²) < 4.78 is 35.6. The standard InChI is InChI=1S/C18H19FN2O4S/c1-26(24,25)16-8-4-14(5-9-16)18(23)21-11-10-20-17(22)12-13-2-6-15(19)7-3-13/h2-9H,10-12H2,1H3,(H,20,22)(H,21,23). The van der Waals surface area contributed by atoms with Gasteiger partial charge >= 0.3 is 0 Å². The second-order valence-corrected chi connectivity index (χ2v) is 7.72. The molecule has 2 amide bonds. The molecule has 2 N–H and O–H groups in total. The van der Waals surface area contributed by atoms with Crippen LogP contribution in [0.4, 0.5) is 4.39 Å². The van der Waals surface area contributed by atoms with Crippen LogP contribution in [0.2, 0.25) is 0 Å². The Labute approximate surface area is 151 Å². The quantitative estimate of drug-likeness (QED) is 0.711. The molecule has 2 aromatic rings. The molecule has 0 saturated carbocycles. The van der Waals surface area contributed by atoms with E-state index in [2.05, 4.69) is 10.6 Å². The van der Waals surface area contributed by atoms with Gasteiger partial charge in [0, 0.05) is 24.9 Å². The number of carbonyl (C=O) groups excluding carboxylic acids is 2. The summed E-state index contributed by atoms with van der Waals surface area (Å²) >= 11 is 0. The fraction of sp³-hybridized carbons (Fsp3) is 0.222. The second-order valence-electron chi connectivity index (χ2n) is 5.71. The molecule has 0 aromatic heterocycles. The molecule has 0 atom stereocenters. The van der Waals surface area contributed by atoms with Crippen LogP contribution < -0.4 is 10.6 Å². The summed E-state index contributed by atoms with van der Waals surface area (Å²) in [6.45, 7) is 0.467. The van der Waals surface area contributed by atoms with Gasteiger partial charge in [0.05, 0.1) is 11.3 Å². The van der Waals surface area contributed by atoms with E-state index in [1.165, 1.54) is 48.5 Å². The van der Waals surface area contributed by atoms with Gasteiger partial charge in [-0.2, -0.15) is 0 Å². The van der Waals surface area contributed by atoms with Crippen LogP contribution in [-0.2, 0) is 21.1 Å². The van der Waals surface area contributed by atoms with Gasteiger partial charge in [-0.05, 0) is 42.0 Å². The monoisotopic (exact) mass is 378 g/mol. The van der Waals surface area contributed by atoms with Crippen LogP contribution in [0, 0.1) is 5.82 Å². The summed E-state index contributed by atoms with van der Waals surface area (Å²) in [5.41, 5.74) is 1.02. The summed E-state index contributed by atoms with van der Waals surface area (Å²) in [7, 11) is -3.30. The third-order valence-electron chi connectivity index (χ3n) is 3.56. The van der Waals surface area contributed by atoms with Gasteiger partial charge in [-0.15, -0.1) is 0 Å². The summed E-state index contributed by atoms with van der Waals surface area (Å²) in [5.74, 6) is -0.956. The van der Waals surface area contributed by atoms with Gasteiger partial charge in [0.2, 0.25) is 5.91 Å². The summed E-state index contributed by atoms with van der Waals surface area (Å²) in [4.78, 5) is 23.9. The van der Waals surface area contributed by atoms with Crippen molar-refractivity contribution in [2.45, 2.75) is 11.3 Å². The molecule has 8 heteroatoms. The van der Waals surface area contributed by atoms with E-state index in [0.29, 0.717) is 11.1 Å². The molecule has 0 saturated heterocycles. The van der Waals surface area contributed by atoms with Gasteiger partial charge in [0.15, 0.2) is 9.84 Å². The Bertz CT molecular complexity index is 878. The van der Waals surface area contributed by atoms with Gasteiger partial charge in [-0.25, -0.2) is 12.8 Å². The highest BCUT2D eigenvalue weighted by atomic mass is 32.2. The highest BCUT2D eigenvalue weighted by Gasteiger charge is 2.10. The number of amides is 2. The van der Waals surface area contributed by atoms with Gasteiger partial charge in [-0.3, -0.25) is 9.59 Å². The van der Waals surface area contributed by atoms with Crippen LogP contribution in [0.15, 0.2) is 53.4 Å². The van der Waals surface area contributed by atoms with E-state index < -0.39 is 9.84 Å². The molecule has 2 aromatic carbocycles. The molecule has 2 rings (SSSR count). The van der Waals surface area contributed by atoms with Gasteiger partial charge in [0.1, 0.15) is 5.82 Å². The minimum absolute atomic E-state index is 0.126. The number of halogens is 1. The molecule has 0 radical (unpaired) electrons. The molecular weight excluding hydrogens is 359 g/mol. The van der Waals surface area contributed by atoms with Crippen molar-refractivity contribution in [2.75, 3.05) is 19.3 Å².